The number of aliphatic imine (C=N–C) groups is 1. The Balaban J connectivity index is 0.00000196. The molecule has 2 atom stereocenters. The lowest BCUT2D eigenvalue weighted by Gasteiger charge is -2.21. The molecule has 3 aliphatic rings. The van der Waals surface area contributed by atoms with E-state index < -0.39 is 5.54 Å². The first-order chi connectivity index (χ1) is 12.0. The fraction of sp³-hybridized carbons (Fsp3) is 0.500. The summed E-state index contributed by atoms with van der Waals surface area (Å²) in [5.41, 5.74) is 0.922. The first kappa shape index (κ1) is 18.9. The number of imide groups is 1. The van der Waals surface area contributed by atoms with Crippen LogP contribution in [0.3, 0.4) is 0 Å². The molecule has 0 spiro atoms. The van der Waals surface area contributed by atoms with Crippen molar-refractivity contribution in [3.05, 3.63) is 29.8 Å². The Kier molecular flexibility index (Phi) is 5.14. The van der Waals surface area contributed by atoms with Crippen molar-refractivity contribution in [2.24, 2.45) is 10.9 Å². The molecular weight excluding hydrogens is 445 g/mol. The van der Waals surface area contributed by atoms with Gasteiger partial charge in [0.2, 0.25) is 0 Å². The van der Waals surface area contributed by atoms with Crippen molar-refractivity contribution in [1.82, 2.24) is 16.0 Å². The molecule has 3 amide bonds. The van der Waals surface area contributed by atoms with E-state index in [1.807, 2.05) is 31.2 Å². The maximum absolute atomic E-state index is 12.7. The van der Waals surface area contributed by atoms with Crippen molar-refractivity contribution in [2.45, 2.75) is 44.8 Å². The highest BCUT2D eigenvalue weighted by Crippen LogP contribution is 2.43. The second-order valence-corrected chi connectivity index (χ2v) is 7.30. The molecule has 8 heteroatoms. The average molecular weight is 469 g/mol. The number of carbonyl (C=O) groups excluding carboxylic acids is 2. The zero-order valence-electron chi connectivity index (χ0n) is 14.9. The van der Waals surface area contributed by atoms with Gasteiger partial charge in [0.05, 0.1) is 12.2 Å². The molecule has 4 rings (SSSR count). The van der Waals surface area contributed by atoms with Gasteiger partial charge < -0.3 is 16.0 Å². The predicted octanol–water partition coefficient (Wildman–Crippen LogP) is 1.97. The third-order valence-electron chi connectivity index (χ3n) is 5.17. The zero-order chi connectivity index (χ0) is 17.6. The Hall–Kier alpha value is -1.84. The van der Waals surface area contributed by atoms with Crippen LogP contribution in [0.5, 0.6) is 0 Å². The van der Waals surface area contributed by atoms with Gasteiger partial charge >= 0.3 is 6.03 Å². The Morgan fingerprint density at radius 2 is 1.96 bits per heavy atom. The van der Waals surface area contributed by atoms with E-state index in [0.717, 1.165) is 30.9 Å². The summed E-state index contributed by atoms with van der Waals surface area (Å²) in [5, 5.41) is 9.37. The standard InChI is InChI=1S/C18H23N5O2.HI/c1-11-9-19-16(21-11)20-10-12-3-7-14(8-4-12)23-15(24)18(2,13-5-6-13)22-17(23)25;/h3-4,7-8,11,13H,5-6,9-10H2,1-2H3,(H,22,25)(H2,19,20,21);1H. The summed E-state index contributed by atoms with van der Waals surface area (Å²) in [4.78, 5) is 30.7. The molecule has 0 radical (unpaired) electrons. The fourth-order valence-electron chi connectivity index (χ4n) is 3.44. The third-order valence-corrected chi connectivity index (χ3v) is 5.17. The van der Waals surface area contributed by atoms with Crippen LogP contribution in [0.4, 0.5) is 10.5 Å². The largest absolute Gasteiger partial charge is 0.352 e. The van der Waals surface area contributed by atoms with Gasteiger partial charge in [-0.3, -0.25) is 9.79 Å². The van der Waals surface area contributed by atoms with Crippen LogP contribution >= 0.6 is 24.0 Å². The highest BCUT2D eigenvalue weighted by molar-refractivity contribution is 14.0. The molecule has 26 heavy (non-hydrogen) atoms. The minimum absolute atomic E-state index is 0. The van der Waals surface area contributed by atoms with Crippen LogP contribution in [0, 0.1) is 5.92 Å². The highest BCUT2D eigenvalue weighted by atomic mass is 127. The van der Waals surface area contributed by atoms with Crippen molar-refractivity contribution in [3.63, 3.8) is 0 Å². The summed E-state index contributed by atoms with van der Waals surface area (Å²) in [6, 6.07) is 7.52. The topological polar surface area (TPSA) is 85.8 Å². The highest BCUT2D eigenvalue weighted by Gasteiger charge is 2.56. The molecular formula is C18H24IN5O2. The number of urea groups is 1. The normalized spacial score (nSPS) is 27.5. The van der Waals surface area contributed by atoms with Gasteiger partial charge in [-0.05, 0) is 50.3 Å². The van der Waals surface area contributed by atoms with Crippen LogP contribution in [0.25, 0.3) is 0 Å². The lowest BCUT2D eigenvalue weighted by Crippen LogP contribution is -2.46. The van der Waals surface area contributed by atoms with E-state index in [-0.39, 0.29) is 41.8 Å². The van der Waals surface area contributed by atoms with Gasteiger partial charge in [0.25, 0.3) is 5.91 Å². The van der Waals surface area contributed by atoms with E-state index >= 15 is 0 Å². The smallest absolute Gasteiger partial charge is 0.329 e. The molecule has 1 aromatic carbocycles. The average Bonchev–Trinajstić information content (AvgIpc) is 3.32. The Morgan fingerprint density at radius 3 is 2.54 bits per heavy atom. The van der Waals surface area contributed by atoms with E-state index in [2.05, 4.69) is 27.9 Å². The van der Waals surface area contributed by atoms with Gasteiger partial charge in [-0.25, -0.2) is 9.69 Å². The Bertz CT molecular complexity index is 746. The van der Waals surface area contributed by atoms with Crippen molar-refractivity contribution in [3.8, 4) is 0 Å². The minimum Gasteiger partial charge on any atom is -0.352 e. The van der Waals surface area contributed by atoms with Crippen LogP contribution < -0.4 is 20.9 Å². The molecule has 0 bridgehead atoms. The quantitative estimate of drug-likeness (QED) is 0.465. The molecule has 2 unspecified atom stereocenters. The number of amides is 3. The first-order valence-electron chi connectivity index (χ1n) is 8.78. The SMILES string of the molecule is CC1CN=C(NCc2ccc(N3C(=O)NC(C)(C4CC4)C3=O)cc2)N1.I. The number of hydrogen-bond donors (Lipinski definition) is 3. The van der Waals surface area contributed by atoms with Crippen LogP contribution in [0.2, 0.25) is 0 Å². The monoisotopic (exact) mass is 469 g/mol. The van der Waals surface area contributed by atoms with Crippen LogP contribution in [0.15, 0.2) is 29.3 Å². The van der Waals surface area contributed by atoms with Crippen molar-refractivity contribution >= 4 is 47.6 Å². The molecule has 7 nitrogen and oxygen atoms in total. The number of nitrogens with zero attached hydrogens (tertiary/aromatic N) is 2. The van der Waals surface area contributed by atoms with Crippen molar-refractivity contribution < 1.29 is 9.59 Å². The maximum atomic E-state index is 12.7. The molecule has 3 N–H and O–H groups in total. The molecule has 1 aliphatic carbocycles. The molecule has 1 saturated heterocycles. The summed E-state index contributed by atoms with van der Waals surface area (Å²) in [6.45, 7) is 5.34. The van der Waals surface area contributed by atoms with E-state index in [0.29, 0.717) is 18.3 Å². The molecule has 140 valence electrons. The fourth-order valence-corrected chi connectivity index (χ4v) is 3.44. The van der Waals surface area contributed by atoms with Crippen LogP contribution in [0.1, 0.15) is 32.3 Å². The lowest BCUT2D eigenvalue weighted by molar-refractivity contribution is -0.122. The van der Waals surface area contributed by atoms with Gasteiger partial charge in [-0.15, -0.1) is 24.0 Å². The zero-order valence-corrected chi connectivity index (χ0v) is 17.2. The third kappa shape index (κ3) is 3.38. The second-order valence-electron chi connectivity index (χ2n) is 7.30. The molecule has 1 aromatic rings. The van der Waals surface area contributed by atoms with Gasteiger partial charge in [0, 0.05) is 12.6 Å². The molecule has 2 heterocycles. The summed E-state index contributed by atoms with van der Waals surface area (Å²) in [6.07, 6.45) is 2.00. The number of anilines is 1. The summed E-state index contributed by atoms with van der Waals surface area (Å²) >= 11 is 0. The van der Waals surface area contributed by atoms with Gasteiger partial charge in [-0.1, -0.05) is 12.1 Å². The van der Waals surface area contributed by atoms with Crippen molar-refractivity contribution in [1.29, 1.82) is 0 Å². The summed E-state index contributed by atoms with van der Waals surface area (Å²) in [5.74, 6) is 0.926. The van der Waals surface area contributed by atoms with E-state index in [4.69, 9.17) is 0 Å². The lowest BCUT2D eigenvalue weighted by atomic mass is 9.96. The Morgan fingerprint density at radius 1 is 1.27 bits per heavy atom. The predicted molar refractivity (Wildman–Crippen MR) is 111 cm³/mol. The number of nitrogens with one attached hydrogen (secondary N) is 3. The van der Waals surface area contributed by atoms with Crippen molar-refractivity contribution in [2.75, 3.05) is 11.4 Å². The number of halogens is 1. The van der Waals surface area contributed by atoms with E-state index in [9.17, 15) is 9.59 Å². The molecule has 2 aliphatic heterocycles. The number of benzene rings is 1. The van der Waals surface area contributed by atoms with E-state index in [1.54, 1.807) is 0 Å². The summed E-state index contributed by atoms with van der Waals surface area (Å²) < 4.78 is 0. The van der Waals surface area contributed by atoms with Gasteiger partial charge in [-0.2, -0.15) is 0 Å². The molecule has 1 saturated carbocycles. The van der Waals surface area contributed by atoms with Crippen LogP contribution in [-0.4, -0.2) is 36.0 Å². The number of hydrogen-bond acceptors (Lipinski definition) is 5. The number of rotatable bonds is 4. The van der Waals surface area contributed by atoms with Gasteiger partial charge in [0.1, 0.15) is 5.54 Å². The van der Waals surface area contributed by atoms with Gasteiger partial charge in [0.15, 0.2) is 5.96 Å². The molecule has 2 fully saturated rings. The minimum atomic E-state index is -0.750. The first-order valence-corrected chi connectivity index (χ1v) is 8.78. The second kappa shape index (κ2) is 7.05. The van der Waals surface area contributed by atoms with E-state index in [1.165, 1.54) is 4.90 Å². The summed E-state index contributed by atoms with van der Waals surface area (Å²) in [7, 11) is 0. The molecule has 0 aromatic heterocycles. The Labute approximate surface area is 170 Å². The number of guanidine groups is 1. The maximum Gasteiger partial charge on any atom is 0.329 e. The number of carbonyl (C=O) groups is 2. The van der Waals surface area contributed by atoms with Crippen LogP contribution in [-0.2, 0) is 11.3 Å².